The van der Waals surface area contributed by atoms with Crippen LogP contribution in [0.4, 0.5) is 0 Å². The van der Waals surface area contributed by atoms with Gasteiger partial charge in [-0.15, -0.1) is 0 Å². The second-order valence-corrected chi connectivity index (χ2v) is 3.96. The van der Waals surface area contributed by atoms with E-state index in [1.54, 1.807) is 0 Å². The standard InChI is InChI=1S/C12H18N2/c1-9-4-3-5-10-6-7-14-11(8-13-2)12(9)10/h3-5,11,13-14H,6-8H2,1-2H3. The third kappa shape index (κ3) is 1.68. The fourth-order valence-electron chi connectivity index (χ4n) is 2.32. The third-order valence-corrected chi connectivity index (χ3v) is 2.96. The maximum Gasteiger partial charge on any atom is 0.0452 e. The summed E-state index contributed by atoms with van der Waals surface area (Å²) >= 11 is 0. The van der Waals surface area contributed by atoms with E-state index in [1.807, 2.05) is 7.05 Å². The number of hydrogen-bond donors (Lipinski definition) is 2. The molecule has 14 heavy (non-hydrogen) atoms. The highest BCUT2D eigenvalue weighted by Crippen LogP contribution is 2.25. The normalized spacial score (nSPS) is 20.6. The first-order valence-corrected chi connectivity index (χ1v) is 5.29. The first-order valence-electron chi connectivity index (χ1n) is 5.29. The van der Waals surface area contributed by atoms with Gasteiger partial charge in [-0.3, -0.25) is 0 Å². The average Bonchev–Trinajstić information content (AvgIpc) is 2.19. The number of hydrogen-bond acceptors (Lipinski definition) is 2. The molecule has 2 heteroatoms. The van der Waals surface area contributed by atoms with Crippen molar-refractivity contribution in [2.45, 2.75) is 19.4 Å². The molecule has 1 unspecified atom stereocenters. The van der Waals surface area contributed by atoms with Crippen molar-refractivity contribution in [1.29, 1.82) is 0 Å². The van der Waals surface area contributed by atoms with Crippen molar-refractivity contribution in [2.24, 2.45) is 0 Å². The minimum Gasteiger partial charge on any atom is -0.318 e. The van der Waals surface area contributed by atoms with Crippen LogP contribution in [-0.4, -0.2) is 20.1 Å². The molecule has 0 radical (unpaired) electrons. The molecular formula is C12H18N2. The van der Waals surface area contributed by atoms with E-state index in [2.05, 4.69) is 35.8 Å². The number of benzene rings is 1. The molecule has 2 rings (SSSR count). The van der Waals surface area contributed by atoms with Crippen LogP contribution in [0.15, 0.2) is 18.2 Å². The van der Waals surface area contributed by atoms with Gasteiger partial charge in [0.15, 0.2) is 0 Å². The van der Waals surface area contributed by atoms with E-state index in [1.165, 1.54) is 16.7 Å². The fraction of sp³-hybridized carbons (Fsp3) is 0.500. The van der Waals surface area contributed by atoms with Crippen LogP contribution in [0.3, 0.4) is 0 Å². The fourth-order valence-corrected chi connectivity index (χ4v) is 2.32. The minimum absolute atomic E-state index is 0.491. The largest absolute Gasteiger partial charge is 0.318 e. The summed E-state index contributed by atoms with van der Waals surface area (Å²) in [4.78, 5) is 0. The first kappa shape index (κ1) is 9.69. The topological polar surface area (TPSA) is 24.1 Å². The highest BCUT2D eigenvalue weighted by molar-refractivity contribution is 5.39. The van der Waals surface area contributed by atoms with Crippen LogP contribution in [-0.2, 0) is 6.42 Å². The Morgan fingerprint density at radius 2 is 2.36 bits per heavy atom. The lowest BCUT2D eigenvalue weighted by atomic mass is 9.90. The molecule has 0 fully saturated rings. The van der Waals surface area contributed by atoms with Gasteiger partial charge in [-0.1, -0.05) is 18.2 Å². The molecule has 76 valence electrons. The van der Waals surface area contributed by atoms with Gasteiger partial charge in [0.25, 0.3) is 0 Å². The first-order chi connectivity index (χ1) is 6.83. The number of rotatable bonds is 2. The quantitative estimate of drug-likeness (QED) is 0.736. The lowest BCUT2D eigenvalue weighted by molar-refractivity contribution is 0.483. The second-order valence-electron chi connectivity index (χ2n) is 3.96. The van der Waals surface area contributed by atoms with Crippen molar-refractivity contribution in [3.05, 3.63) is 34.9 Å². The molecule has 1 atom stereocenters. The maximum atomic E-state index is 3.55. The van der Waals surface area contributed by atoms with Gasteiger partial charge in [0.2, 0.25) is 0 Å². The zero-order valence-corrected chi connectivity index (χ0v) is 8.93. The van der Waals surface area contributed by atoms with Crippen LogP contribution in [0.1, 0.15) is 22.7 Å². The molecule has 0 saturated heterocycles. The summed E-state index contributed by atoms with van der Waals surface area (Å²) in [5.41, 5.74) is 4.44. The van der Waals surface area contributed by atoms with Crippen LogP contribution in [0.5, 0.6) is 0 Å². The van der Waals surface area contributed by atoms with Gasteiger partial charge in [-0.25, -0.2) is 0 Å². The predicted molar refractivity (Wildman–Crippen MR) is 59.6 cm³/mol. The van der Waals surface area contributed by atoms with E-state index in [4.69, 9.17) is 0 Å². The number of fused-ring (bicyclic) bond motifs is 1. The van der Waals surface area contributed by atoms with Crippen LogP contribution in [0.25, 0.3) is 0 Å². The van der Waals surface area contributed by atoms with Crippen molar-refractivity contribution in [3.8, 4) is 0 Å². The van der Waals surface area contributed by atoms with Crippen molar-refractivity contribution >= 4 is 0 Å². The number of nitrogens with one attached hydrogen (secondary N) is 2. The molecular weight excluding hydrogens is 172 g/mol. The highest BCUT2D eigenvalue weighted by atomic mass is 15.0. The monoisotopic (exact) mass is 190 g/mol. The summed E-state index contributed by atoms with van der Waals surface area (Å²) < 4.78 is 0. The average molecular weight is 190 g/mol. The number of likely N-dealkylation sites (N-methyl/N-ethyl adjacent to an activating group) is 1. The summed E-state index contributed by atoms with van der Waals surface area (Å²) in [6, 6.07) is 7.11. The van der Waals surface area contributed by atoms with Crippen molar-refractivity contribution in [3.63, 3.8) is 0 Å². The van der Waals surface area contributed by atoms with Crippen LogP contribution >= 0.6 is 0 Å². The molecule has 0 spiro atoms. The Balaban J connectivity index is 2.36. The van der Waals surface area contributed by atoms with Gasteiger partial charge in [-0.05, 0) is 43.6 Å². The van der Waals surface area contributed by atoms with E-state index in [0.717, 1.165) is 19.5 Å². The zero-order chi connectivity index (χ0) is 9.97. The smallest absolute Gasteiger partial charge is 0.0452 e. The van der Waals surface area contributed by atoms with Crippen molar-refractivity contribution in [2.75, 3.05) is 20.1 Å². The molecule has 1 aromatic carbocycles. The molecule has 0 saturated carbocycles. The highest BCUT2D eigenvalue weighted by Gasteiger charge is 2.19. The van der Waals surface area contributed by atoms with Gasteiger partial charge in [0.05, 0.1) is 0 Å². The van der Waals surface area contributed by atoms with Crippen LogP contribution in [0.2, 0.25) is 0 Å². The van der Waals surface area contributed by atoms with Gasteiger partial charge < -0.3 is 10.6 Å². The third-order valence-electron chi connectivity index (χ3n) is 2.96. The summed E-state index contributed by atoms with van der Waals surface area (Å²) in [6.07, 6.45) is 1.16. The molecule has 1 aromatic rings. The van der Waals surface area contributed by atoms with Gasteiger partial charge in [-0.2, -0.15) is 0 Å². The molecule has 2 N–H and O–H groups in total. The van der Waals surface area contributed by atoms with E-state index in [0.29, 0.717) is 6.04 Å². The second kappa shape index (κ2) is 4.11. The summed E-state index contributed by atoms with van der Waals surface area (Å²) in [7, 11) is 2.01. The van der Waals surface area contributed by atoms with Crippen molar-refractivity contribution < 1.29 is 0 Å². The molecule has 0 bridgehead atoms. The molecule has 0 aliphatic carbocycles. The van der Waals surface area contributed by atoms with Gasteiger partial charge in [0, 0.05) is 12.6 Å². The molecule has 0 aromatic heterocycles. The van der Waals surface area contributed by atoms with Gasteiger partial charge in [0.1, 0.15) is 0 Å². The molecule has 1 aliphatic rings. The summed E-state index contributed by atoms with van der Waals surface area (Å²) in [6.45, 7) is 4.31. The SMILES string of the molecule is CNCC1NCCc2cccc(C)c21. The Labute approximate surface area is 85.7 Å². The van der Waals surface area contributed by atoms with E-state index < -0.39 is 0 Å². The summed E-state index contributed by atoms with van der Waals surface area (Å²) in [5, 5.41) is 6.80. The molecule has 1 heterocycles. The Morgan fingerprint density at radius 1 is 1.50 bits per heavy atom. The Hall–Kier alpha value is -0.860. The minimum atomic E-state index is 0.491. The lowest BCUT2D eigenvalue weighted by Crippen LogP contribution is -2.36. The Kier molecular flexibility index (Phi) is 2.85. The zero-order valence-electron chi connectivity index (χ0n) is 8.93. The van der Waals surface area contributed by atoms with E-state index in [-0.39, 0.29) is 0 Å². The molecule has 0 amide bonds. The lowest BCUT2D eigenvalue weighted by Gasteiger charge is -2.28. The predicted octanol–water partition coefficient (Wildman–Crippen LogP) is 1.40. The Bertz CT molecular complexity index is 320. The molecule has 2 nitrogen and oxygen atoms in total. The van der Waals surface area contributed by atoms with Gasteiger partial charge >= 0.3 is 0 Å². The van der Waals surface area contributed by atoms with Crippen molar-refractivity contribution in [1.82, 2.24) is 10.6 Å². The maximum absolute atomic E-state index is 3.55. The number of aryl methyl sites for hydroxylation is 1. The van der Waals surface area contributed by atoms with Crippen LogP contribution in [0, 0.1) is 6.92 Å². The summed E-state index contributed by atoms with van der Waals surface area (Å²) in [5.74, 6) is 0. The molecule has 1 aliphatic heterocycles. The Morgan fingerprint density at radius 3 is 3.14 bits per heavy atom. The van der Waals surface area contributed by atoms with Crippen LogP contribution < -0.4 is 10.6 Å². The van der Waals surface area contributed by atoms with E-state index >= 15 is 0 Å². The van der Waals surface area contributed by atoms with E-state index in [9.17, 15) is 0 Å².